The number of hydrogen-bond acceptors (Lipinski definition) is 5. The van der Waals surface area contributed by atoms with Crippen molar-refractivity contribution in [1.29, 1.82) is 0 Å². The molecular formula is C15H38N4S. The Morgan fingerprint density at radius 1 is 0.850 bits per heavy atom. The van der Waals surface area contributed by atoms with Gasteiger partial charge in [0, 0.05) is 12.3 Å². The number of nitrogens with one attached hydrogen (secondary N) is 4. The number of piperidine rings is 1. The van der Waals surface area contributed by atoms with Crippen molar-refractivity contribution < 1.29 is 0 Å². The van der Waals surface area contributed by atoms with E-state index in [9.17, 15) is 0 Å². The topological polar surface area (TPSA) is 48.1 Å². The lowest BCUT2D eigenvalue weighted by molar-refractivity contribution is 0.520. The Morgan fingerprint density at radius 3 is 1.55 bits per heavy atom. The largest absolute Gasteiger partial charge is 0.320 e. The van der Waals surface area contributed by atoms with E-state index < -0.39 is 0 Å². The van der Waals surface area contributed by atoms with Crippen LogP contribution in [-0.2, 0) is 0 Å². The highest BCUT2D eigenvalue weighted by atomic mass is 32.2. The van der Waals surface area contributed by atoms with Crippen molar-refractivity contribution in [3.8, 4) is 0 Å². The second-order valence-electron chi connectivity index (χ2n) is 4.57. The summed E-state index contributed by atoms with van der Waals surface area (Å²) in [6.07, 6.45) is 5.57. The van der Waals surface area contributed by atoms with E-state index in [0.717, 1.165) is 19.6 Å². The maximum atomic E-state index is 3.28. The van der Waals surface area contributed by atoms with Gasteiger partial charge in [-0.25, -0.2) is 0 Å². The van der Waals surface area contributed by atoms with Gasteiger partial charge in [0.2, 0.25) is 0 Å². The van der Waals surface area contributed by atoms with E-state index >= 15 is 0 Å². The molecule has 2 rings (SSSR count). The first-order chi connectivity index (χ1) is 9.83. The zero-order valence-corrected chi connectivity index (χ0v) is 15.0. The van der Waals surface area contributed by atoms with E-state index in [1.54, 1.807) is 0 Å². The van der Waals surface area contributed by atoms with Crippen LogP contribution in [0, 0.1) is 0 Å². The first kappa shape index (κ1) is 22.5. The van der Waals surface area contributed by atoms with Gasteiger partial charge in [0.15, 0.2) is 0 Å². The highest BCUT2D eigenvalue weighted by Gasteiger charge is 1.94. The molecule has 0 aromatic heterocycles. The first-order valence-electron chi connectivity index (χ1n) is 8.24. The third-order valence-corrected chi connectivity index (χ3v) is 3.59. The zero-order valence-electron chi connectivity index (χ0n) is 14.2. The van der Waals surface area contributed by atoms with Crippen LogP contribution >= 0.6 is 11.9 Å². The van der Waals surface area contributed by atoms with Gasteiger partial charge in [-0.05, 0) is 59.0 Å². The highest BCUT2D eigenvalue weighted by Crippen LogP contribution is 2.02. The van der Waals surface area contributed by atoms with Crippen molar-refractivity contribution in [2.24, 2.45) is 0 Å². The minimum absolute atomic E-state index is 1.07. The van der Waals surface area contributed by atoms with Crippen molar-refractivity contribution in [2.45, 2.75) is 46.5 Å². The van der Waals surface area contributed by atoms with Crippen LogP contribution in [0.5, 0.6) is 0 Å². The van der Waals surface area contributed by atoms with Crippen molar-refractivity contribution >= 4 is 11.9 Å². The van der Waals surface area contributed by atoms with E-state index in [0.29, 0.717) is 0 Å². The second kappa shape index (κ2) is 24.2. The molecule has 2 saturated heterocycles. The molecule has 0 unspecified atom stereocenters. The maximum Gasteiger partial charge on any atom is 0.00910 e. The molecule has 0 aliphatic carbocycles. The molecule has 2 aliphatic heterocycles. The second-order valence-corrected chi connectivity index (χ2v) is 5.56. The fourth-order valence-electron chi connectivity index (χ4n) is 1.41. The smallest absolute Gasteiger partial charge is 0.00910 e. The standard InChI is InChI=1S/C5H11N.C4H11N.C3H7NS.C3H9N/c1-2-4-6-5-3-1;1-3-5-4-2;1-2-4-5-3-1;1-3-4-2/h6H,1-5H2;5H,3-4H2,1-2H3;4H,1-3H2;4H,3H2,1-2H3. The summed E-state index contributed by atoms with van der Waals surface area (Å²) in [6, 6.07) is 0. The van der Waals surface area contributed by atoms with E-state index in [1.165, 1.54) is 51.1 Å². The van der Waals surface area contributed by atoms with E-state index in [2.05, 4.69) is 41.4 Å². The lowest BCUT2D eigenvalue weighted by Gasteiger charge is -2.08. The maximum absolute atomic E-state index is 3.28. The summed E-state index contributed by atoms with van der Waals surface area (Å²) in [6.45, 7) is 13.2. The molecule has 0 saturated carbocycles. The molecule has 4 N–H and O–H groups in total. The van der Waals surface area contributed by atoms with Crippen LogP contribution in [0.15, 0.2) is 0 Å². The van der Waals surface area contributed by atoms with Crippen molar-refractivity contribution in [3.05, 3.63) is 0 Å². The molecule has 4 nitrogen and oxygen atoms in total. The van der Waals surface area contributed by atoms with Crippen molar-refractivity contribution in [3.63, 3.8) is 0 Å². The van der Waals surface area contributed by atoms with E-state index in [1.807, 2.05) is 19.0 Å². The van der Waals surface area contributed by atoms with Gasteiger partial charge >= 0.3 is 0 Å². The van der Waals surface area contributed by atoms with Gasteiger partial charge in [-0.1, -0.05) is 39.1 Å². The molecule has 0 spiro atoms. The molecule has 2 fully saturated rings. The lowest BCUT2D eigenvalue weighted by Crippen LogP contribution is -2.21. The minimum atomic E-state index is 1.07. The fraction of sp³-hybridized carbons (Fsp3) is 1.00. The summed E-state index contributed by atoms with van der Waals surface area (Å²) in [5, 5.41) is 9.33. The quantitative estimate of drug-likeness (QED) is 0.603. The number of hydrogen-bond donors (Lipinski definition) is 4. The normalized spacial score (nSPS) is 16.8. The Bertz CT molecular complexity index is 117. The van der Waals surface area contributed by atoms with Crippen LogP contribution in [0.25, 0.3) is 0 Å². The van der Waals surface area contributed by atoms with Gasteiger partial charge in [0.1, 0.15) is 0 Å². The molecule has 2 aliphatic rings. The molecule has 0 amide bonds. The van der Waals surface area contributed by atoms with Crippen LogP contribution in [0.3, 0.4) is 0 Å². The van der Waals surface area contributed by atoms with Crippen LogP contribution in [0.4, 0.5) is 0 Å². The average Bonchev–Trinajstić information content (AvgIpc) is 3.10. The predicted octanol–water partition coefficient (Wildman–Crippen LogP) is 2.23. The molecule has 0 bridgehead atoms. The van der Waals surface area contributed by atoms with Gasteiger partial charge in [-0.2, -0.15) is 0 Å². The highest BCUT2D eigenvalue weighted by molar-refractivity contribution is 7.97. The molecule has 0 aromatic carbocycles. The van der Waals surface area contributed by atoms with E-state index in [-0.39, 0.29) is 0 Å². The molecule has 5 heteroatoms. The minimum Gasteiger partial charge on any atom is -0.320 e. The Labute approximate surface area is 131 Å². The summed E-state index contributed by atoms with van der Waals surface area (Å²) in [7, 11) is 1.93. The first-order valence-corrected chi connectivity index (χ1v) is 9.22. The van der Waals surface area contributed by atoms with Crippen molar-refractivity contribution in [1.82, 2.24) is 20.7 Å². The third-order valence-electron chi connectivity index (χ3n) is 2.69. The fourth-order valence-corrected chi connectivity index (χ4v) is 2.13. The molecule has 0 radical (unpaired) electrons. The van der Waals surface area contributed by atoms with Gasteiger partial charge in [-0.15, -0.1) is 0 Å². The molecule has 2 heterocycles. The molecule has 20 heavy (non-hydrogen) atoms. The Hall–Kier alpha value is 0.190. The van der Waals surface area contributed by atoms with Crippen LogP contribution in [0.2, 0.25) is 0 Å². The lowest BCUT2D eigenvalue weighted by atomic mass is 10.2. The van der Waals surface area contributed by atoms with Gasteiger partial charge in [0.25, 0.3) is 0 Å². The van der Waals surface area contributed by atoms with E-state index in [4.69, 9.17) is 0 Å². The SMILES string of the molecule is C1CCNCC1.C1CNSC1.CCNC.CCNCC. The molecule has 0 aromatic rings. The summed E-state index contributed by atoms with van der Waals surface area (Å²) < 4.78 is 3.14. The van der Waals surface area contributed by atoms with Gasteiger partial charge in [-0.3, -0.25) is 4.72 Å². The monoisotopic (exact) mass is 306 g/mol. The Morgan fingerprint density at radius 2 is 1.45 bits per heavy atom. The zero-order chi connectivity index (χ0) is 15.3. The Balaban J connectivity index is 0. The van der Waals surface area contributed by atoms with Gasteiger partial charge < -0.3 is 16.0 Å². The Kier molecular flexibility index (Phi) is 27.2. The van der Waals surface area contributed by atoms with Crippen LogP contribution in [-0.4, -0.2) is 52.1 Å². The van der Waals surface area contributed by atoms with Crippen LogP contribution in [0.1, 0.15) is 46.5 Å². The number of rotatable bonds is 3. The summed E-state index contributed by atoms with van der Waals surface area (Å²) in [4.78, 5) is 0. The molecular weight excluding hydrogens is 268 g/mol. The predicted molar refractivity (Wildman–Crippen MR) is 95.6 cm³/mol. The summed E-state index contributed by atoms with van der Waals surface area (Å²) in [5.41, 5.74) is 0. The van der Waals surface area contributed by atoms with Crippen molar-refractivity contribution in [2.75, 3.05) is 52.1 Å². The average molecular weight is 307 g/mol. The third kappa shape index (κ3) is 26.7. The summed E-state index contributed by atoms with van der Waals surface area (Å²) >= 11 is 1.82. The molecule has 0 atom stereocenters. The van der Waals surface area contributed by atoms with Gasteiger partial charge in [0.05, 0.1) is 0 Å². The summed E-state index contributed by atoms with van der Waals surface area (Å²) in [5.74, 6) is 1.31. The van der Waals surface area contributed by atoms with Crippen LogP contribution < -0.4 is 20.7 Å². The molecule has 124 valence electrons.